The van der Waals surface area contributed by atoms with Gasteiger partial charge in [-0.3, -0.25) is 33.4 Å². The van der Waals surface area contributed by atoms with Crippen LogP contribution in [0.3, 0.4) is 0 Å². The SMILES string of the molecule is NC(=O)NCCC[C@H](NC(=O)C1(C(=O)NCCOCCN2C(=O)C=CC2=O)CCC1)C(=O)Nc1ccc(COC(=O)O)c(S(=O)(=O)O)c1. The number of carbonyl (C=O) groups excluding carboxylic acids is 6. The maximum Gasteiger partial charge on any atom is 0.506 e. The van der Waals surface area contributed by atoms with Crippen molar-refractivity contribution in [3.63, 3.8) is 0 Å². The molecule has 262 valence electrons. The summed E-state index contributed by atoms with van der Waals surface area (Å²) in [5.74, 6) is -3.07. The normalized spacial score (nSPS) is 15.6. The van der Waals surface area contributed by atoms with E-state index in [4.69, 9.17) is 15.6 Å². The Bertz CT molecular complexity index is 1560. The number of carboxylic acid groups (broad SMARTS) is 1. The summed E-state index contributed by atoms with van der Waals surface area (Å²) >= 11 is 0. The molecule has 1 aromatic carbocycles. The Morgan fingerprint density at radius 3 is 2.27 bits per heavy atom. The predicted molar refractivity (Wildman–Crippen MR) is 162 cm³/mol. The molecule has 1 fully saturated rings. The van der Waals surface area contributed by atoms with Gasteiger partial charge in [0.2, 0.25) is 17.7 Å². The van der Waals surface area contributed by atoms with Crippen molar-refractivity contribution in [2.45, 2.75) is 49.6 Å². The average Bonchev–Trinajstić information content (AvgIpc) is 3.30. The number of urea groups is 1. The molecule has 48 heavy (non-hydrogen) atoms. The maximum absolute atomic E-state index is 13.5. The minimum absolute atomic E-state index is 0.0142. The zero-order chi connectivity index (χ0) is 35.5. The molecule has 1 aromatic rings. The molecule has 1 aliphatic carbocycles. The molecule has 7 amide bonds. The van der Waals surface area contributed by atoms with Gasteiger partial charge in [0.1, 0.15) is 23.0 Å². The van der Waals surface area contributed by atoms with Gasteiger partial charge < -0.3 is 41.6 Å². The molecule has 0 aromatic heterocycles. The van der Waals surface area contributed by atoms with Crippen molar-refractivity contribution in [1.29, 1.82) is 0 Å². The number of nitrogens with one attached hydrogen (secondary N) is 4. The van der Waals surface area contributed by atoms with Crippen LogP contribution in [0.1, 0.15) is 37.7 Å². The average molecular weight is 697 g/mol. The van der Waals surface area contributed by atoms with Crippen molar-refractivity contribution in [3.8, 4) is 0 Å². The Morgan fingerprint density at radius 1 is 1.00 bits per heavy atom. The fraction of sp³-hybridized carbons (Fsp3) is 0.464. The first kappa shape index (κ1) is 37.4. The van der Waals surface area contributed by atoms with E-state index in [0.717, 1.165) is 29.2 Å². The molecule has 1 atom stereocenters. The number of rotatable bonds is 18. The molecule has 0 unspecified atom stereocenters. The second-order valence-corrected chi connectivity index (χ2v) is 12.2. The highest BCUT2D eigenvalue weighted by Gasteiger charge is 2.51. The minimum Gasteiger partial charge on any atom is -0.450 e. The molecule has 20 heteroatoms. The molecule has 8 N–H and O–H groups in total. The molecule has 0 spiro atoms. The fourth-order valence-corrected chi connectivity index (χ4v) is 5.58. The fourth-order valence-electron chi connectivity index (χ4n) is 4.85. The van der Waals surface area contributed by atoms with Crippen molar-refractivity contribution in [2.24, 2.45) is 11.1 Å². The first-order chi connectivity index (χ1) is 22.6. The zero-order valence-corrected chi connectivity index (χ0v) is 26.4. The minimum atomic E-state index is -4.88. The summed E-state index contributed by atoms with van der Waals surface area (Å²) in [5.41, 5.74) is 3.24. The first-order valence-corrected chi connectivity index (χ1v) is 16.1. The van der Waals surface area contributed by atoms with Gasteiger partial charge in [0.25, 0.3) is 21.9 Å². The molecule has 19 nitrogen and oxygen atoms in total. The van der Waals surface area contributed by atoms with Crippen molar-refractivity contribution in [3.05, 3.63) is 35.9 Å². The van der Waals surface area contributed by atoms with Gasteiger partial charge in [0, 0.05) is 36.5 Å². The summed E-state index contributed by atoms with van der Waals surface area (Å²) in [6.07, 6.45) is 1.65. The Labute approximate surface area is 274 Å². The van der Waals surface area contributed by atoms with E-state index in [0.29, 0.717) is 6.42 Å². The summed E-state index contributed by atoms with van der Waals surface area (Å²) < 4.78 is 43.2. The molecule has 0 radical (unpaired) electrons. The zero-order valence-electron chi connectivity index (χ0n) is 25.6. The van der Waals surface area contributed by atoms with Crippen molar-refractivity contribution >= 4 is 57.5 Å². The van der Waals surface area contributed by atoms with Crippen LogP contribution in [-0.2, 0) is 50.2 Å². The highest BCUT2D eigenvalue weighted by atomic mass is 32.2. The monoisotopic (exact) mass is 696 g/mol. The molecule has 3 rings (SSSR count). The van der Waals surface area contributed by atoms with E-state index in [1.807, 2.05) is 0 Å². The number of nitrogens with two attached hydrogens (primary N) is 1. The van der Waals surface area contributed by atoms with E-state index >= 15 is 0 Å². The lowest BCUT2D eigenvalue weighted by Gasteiger charge is -2.39. The van der Waals surface area contributed by atoms with Crippen LogP contribution in [-0.4, -0.2) is 104 Å². The molecule has 0 saturated heterocycles. The van der Waals surface area contributed by atoms with E-state index in [9.17, 15) is 46.5 Å². The van der Waals surface area contributed by atoms with Crippen LogP contribution in [0.15, 0.2) is 35.2 Å². The third-order valence-electron chi connectivity index (χ3n) is 7.52. The van der Waals surface area contributed by atoms with Crippen molar-refractivity contribution < 1.29 is 61.1 Å². The third-order valence-corrected chi connectivity index (χ3v) is 8.46. The summed E-state index contributed by atoms with van der Waals surface area (Å²) in [6, 6.07) is 1.12. The van der Waals surface area contributed by atoms with Crippen LogP contribution in [0.5, 0.6) is 0 Å². The third kappa shape index (κ3) is 10.2. The number of hydrogen-bond donors (Lipinski definition) is 7. The summed E-state index contributed by atoms with van der Waals surface area (Å²) in [7, 11) is -4.88. The molecule has 0 bridgehead atoms. The van der Waals surface area contributed by atoms with Gasteiger partial charge in [-0.2, -0.15) is 8.42 Å². The molecule has 2 aliphatic rings. The van der Waals surface area contributed by atoms with E-state index in [1.165, 1.54) is 6.07 Å². The van der Waals surface area contributed by atoms with Gasteiger partial charge in [-0.25, -0.2) is 9.59 Å². The number of anilines is 1. The van der Waals surface area contributed by atoms with Crippen LogP contribution < -0.4 is 27.0 Å². The maximum atomic E-state index is 13.5. The van der Waals surface area contributed by atoms with Gasteiger partial charge >= 0.3 is 12.2 Å². The van der Waals surface area contributed by atoms with Crippen LogP contribution in [0.4, 0.5) is 15.3 Å². The Hall–Kier alpha value is -5.08. The first-order valence-electron chi connectivity index (χ1n) is 14.6. The lowest BCUT2D eigenvalue weighted by atomic mass is 9.67. The van der Waals surface area contributed by atoms with Crippen molar-refractivity contribution in [1.82, 2.24) is 20.9 Å². The van der Waals surface area contributed by atoms with Crippen molar-refractivity contribution in [2.75, 3.05) is 38.2 Å². The van der Waals surface area contributed by atoms with E-state index in [2.05, 4.69) is 26.0 Å². The topological polar surface area (TPSA) is 290 Å². The quantitative estimate of drug-likeness (QED) is 0.0327. The lowest BCUT2D eigenvalue weighted by molar-refractivity contribution is -0.151. The number of nitrogens with zero attached hydrogens (tertiary/aromatic N) is 1. The number of amides is 7. The number of hydrogen-bond acceptors (Lipinski definition) is 11. The largest absolute Gasteiger partial charge is 0.506 e. The van der Waals surface area contributed by atoms with Gasteiger partial charge in [-0.15, -0.1) is 0 Å². The van der Waals surface area contributed by atoms with Gasteiger partial charge in [-0.05, 0) is 37.8 Å². The number of primary amides is 1. The smallest absolute Gasteiger partial charge is 0.450 e. The Morgan fingerprint density at radius 2 is 1.69 bits per heavy atom. The van der Waals surface area contributed by atoms with E-state index in [1.54, 1.807) is 0 Å². The number of carbonyl (C=O) groups is 7. The molecule has 1 saturated carbocycles. The molecule has 1 heterocycles. The molecular formula is C28H36N6O13S. The highest BCUT2D eigenvalue weighted by molar-refractivity contribution is 7.85. The van der Waals surface area contributed by atoms with E-state index in [-0.39, 0.29) is 69.8 Å². The second kappa shape index (κ2) is 16.7. The van der Waals surface area contributed by atoms with Crippen LogP contribution in [0, 0.1) is 5.41 Å². The molecule has 1 aliphatic heterocycles. The van der Waals surface area contributed by atoms with Crippen LogP contribution in [0.2, 0.25) is 0 Å². The predicted octanol–water partition coefficient (Wildman–Crippen LogP) is -0.772. The van der Waals surface area contributed by atoms with Gasteiger partial charge in [0.15, 0.2) is 0 Å². The summed E-state index contributed by atoms with van der Waals surface area (Å²) in [5, 5.41) is 18.7. The summed E-state index contributed by atoms with van der Waals surface area (Å²) in [4.78, 5) is 85.2. The van der Waals surface area contributed by atoms with Gasteiger partial charge in [-0.1, -0.05) is 12.5 Å². The lowest BCUT2D eigenvalue weighted by Crippen LogP contribution is -2.58. The Balaban J connectivity index is 1.64. The van der Waals surface area contributed by atoms with Crippen LogP contribution >= 0.6 is 0 Å². The summed E-state index contributed by atoms with van der Waals surface area (Å²) in [6.45, 7) is -0.560. The van der Waals surface area contributed by atoms with E-state index < -0.39 is 74.8 Å². The van der Waals surface area contributed by atoms with Gasteiger partial charge in [0.05, 0.1) is 19.8 Å². The number of benzene rings is 1. The molecular weight excluding hydrogens is 660 g/mol. The standard InChI is InChI=1S/C28H36N6O13S/c29-26(40)31-10-1-3-19(23(37)32-18-5-4-17(16-47-27(41)42)20(15-18)48(43,44)45)33-25(39)28(8-2-9-28)24(38)30-11-13-46-14-12-34-21(35)6-7-22(34)36/h4-7,15,19H,1-3,8-14,16H2,(H,30,38)(H,32,37)(H,33,39)(H,41,42)(H3,29,31,40)(H,43,44,45)/t19-/m0/s1. The Kier molecular flexibility index (Phi) is 13.0. The second-order valence-electron chi connectivity index (χ2n) is 10.8. The van der Waals surface area contributed by atoms with Crippen LogP contribution in [0.25, 0.3) is 0 Å². The number of ether oxygens (including phenoxy) is 2. The highest BCUT2D eigenvalue weighted by Crippen LogP contribution is 2.41. The number of imide groups is 1.